The molecule has 0 spiro atoms. The average molecular weight is 1080 g/mol. The molecular weight excluding hydrogens is 1020 g/mol. The molecule has 21 nitrogen and oxygen atoms in total. The van der Waals surface area contributed by atoms with Crippen LogP contribution < -0.4 is 20.9 Å². The summed E-state index contributed by atoms with van der Waals surface area (Å²) >= 11 is 12.0. The van der Waals surface area contributed by atoms with Crippen molar-refractivity contribution >= 4 is 89.6 Å². The molecule has 6 heterocycles. The number of aromatic nitrogens is 6. The second-order valence-electron chi connectivity index (χ2n) is 17.3. The normalized spacial score (nSPS) is 13.9. The zero-order chi connectivity index (χ0) is 53.4. The summed E-state index contributed by atoms with van der Waals surface area (Å²) in [5.74, 6) is -0.135. The molecule has 388 valence electrons. The van der Waals surface area contributed by atoms with Gasteiger partial charge in [-0.05, 0) is 100 Å². The summed E-state index contributed by atoms with van der Waals surface area (Å²) in [6.45, 7) is 12.9. The number of halogens is 2. The third kappa shape index (κ3) is 15.0. The number of carbonyl (C=O) groups is 4. The first-order chi connectivity index (χ1) is 34.4. The summed E-state index contributed by atoms with van der Waals surface area (Å²) in [5.41, 5.74) is 11.1. The number of nitrogens with one attached hydrogen (secondary N) is 1. The van der Waals surface area contributed by atoms with Gasteiger partial charge in [0.05, 0.1) is 48.2 Å². The number of hydrogen-bond donors (Lipinski definition) is 3. The number of aryl methyl sites for hydroxylation is 4. The minimum atomic E-state index is -3.36. The quantitative estimate of drug-likeness (QED) is 0.157. The molecule has 0 aliphatic carbocycles. The first kappa shape index (κ1) is 55.2. The van der Waals surface area contributed by atoms with E-state index in [1.807, 2.05) is 49.6 Å². The van der Waals surface area contributed by atoms with E-state index in [1.165, 1.54) is 54.7 Å². The first-order valence-corrected chi connectivity index (χ1v) is 27.2. The van der Waals surface area contributed by atoms with E-state index in [9.17, 15) is 36.0 Å². The van der Waals surface area contributed by atoms with Crippen LogP contribution in [0, 0.1) is 27.7 Å². The zero-order valence-corrected chi connectivity index (χ0v) is 44.1. The van der Waals surface area contributed by atoms with Crippen LogP contribution >= 0.6 is 23.2 Å². The largest absolute Gasteiger partial charge is 0.478 e. The summed E-state index contributed by atoms with van der Waals surface area (Å²) in [6.07, 6.45) is 5.28. The van der Waals surface area contributed by atoms with Gasteiger partial charge >= 0.3 is 5.97 Å². The lowest BCUT2D eigenvalue weighted by molar-refractivity contribution is -0.133. The molecule has 0 unspecified atom stereocenters. The van der Waals surface area contributed by atoms with Crippen molar-refractivity contribution < 1.29 is 41.1 Å². The highest BCUT2D eigenvalue weighted by Crippen LogP contribution is 2.29. The number of sulfone groups is 2. The molecule has 0 radical (unpaired) electrons. The van der Waals surface area contributed by atoms with Gasteiger partial charge in [0.25, 0.3) is 5.91 Å². The van der Waals surface area contributed by atoms with Crippen LogP contribution in [0.25, 0.3) is 0 Å². The highest BCUT2D eigenvalue weighted by Gasteiger charge is 2.26. The SMILES string of the molecule is CS(=O)(=O)c1ccc(C(=O)O)cc1.Cc1cc(C)n(CC(=O)N2CCN(c3ncc(Cl)cc3N)CC2)n1.Cc1cc(C)n(CC(=O)N2CCN(c3ncc(Cl)cc3NC(=O)c3ccc(S(C)(=O)=O)cc3)CC2)n1. The molecule has 8 rings (SSSR count). The van der Waals surface area contributed by atoms with Crippen molar-refractivity contribution in [2.45, 2.75) is 50.6 Å². The predicted molar refractivity (Wildman–Crippen MR) is 278 cm³/mol. The third-order valence-electron chi connectivity index (χ3n) is 11.7. The molecule has 0 atom stereocenters. The van der Waals surface area contributed by atoms with E-state index in [4.69, 9.17) is 34.0 Å². The Bertz CT molecular complexity index is 3210. The van der Waals surface area contributed by atoms with Crippen LogP contribution in [0.1, 0.15) is 43.5 Å². The predicted octanol–water partition coefficient (Wildman–Crippen LogP) is 4.82. The van der Waals surface area contributed by atoms with Crippen molar-refractivity contribution in [1.29, 1.82) is 0 Å². The zero-order valence-electron chi connectivity index (χ0n) is 41.0. The summed E-state index contributed by atoms with van der Waals surface area (Å²) in [7, 11) is -6.60. The molecule has 2 aliphatic rings. The third-order valence-corrected chi connectivity index (χ3v) is 14.3. The molecule has 6 aromatic rings. The van der Waals surface area contributed by atoms with Gasteiger partial charge in [0, 0.05) is 94.2 Å². The van der Waals surface area contributed by atoms with E-state index in [2.05, 4.69) is 30.4 Å². The van der Waals surface area contributed by atoms with Crippen LogP contribution in [-0.4, -0.2) is 150 Å². The molecule has 3 amide bonds. The summed E-state index contributed by atoms with van der Waals surface area (Å²) in [6, 6.07) is 18.0. The minimum Gasteiger partial charge on any atom is -0.478 e. The standard InChI is InChI=1S/C24H27ClN6O4S.C16H21ClN6O.C8H8O4S/c1-16-12-17(2)31(28-16)15-22(32)29-8-10-30(11-9-29)23-21(13-19(25)14-26-23)27-24(33)18-4-6-20(7-5-18)36(3,34)35;1-11-7-12(2)23(20-11)10-15(24)21-3-5-22(6-4-21)16-14(18)8-13(17)9-19-16;1-13(11,12)7-4-2-6(3-5-7)8(9)10/h4-7,12-14H,8-11,15H2,1-3H3,(H,27,33);7-9H,3-6,10,18H2,1-2H3;2-5H,1H3,(H,9,10). The van der Waals surface area contributed by atoms with Gasteiger partial charge in [0.1, 0.15) is 13.1 Å². The molecule has 4 aromatic heterocycles. The van der Waals surface area contributed by atoms with Crippen molar-refractivity contribution in [2.24, 2.45) is 0 Å². The average Bonchev–Trinajstić information content (AvgIpc) is 3.84. The van der Waals surface area contributed by atoms with Gasteiger partial charge in [-0.25, -0.2) is 31.6 Å². The smallest absolute Gasteiger partial charge is 0.335 e. The van der Waals surface area contributed by atoms with Crippen molar-refractivity contribution in [2.75, 3.05) is 85.7 Å². The molecule has 2 fully saturated rings. The number of anilines is 4. The van der Waals surface area contributed by atoms with Gasteiger partial charge < -0.3 is 35.8 Å². The maximum atomic E-state index is 12.9. The Morgan fingerprint density at radius 2 is 1.00 bits per heavy atom. The molecule has 0 bridgehead atoms. The molecular formula is C48H56Cl2N12O9S2. The Kier molecular flexibility index (Phi) is 17.9. The lowest BCUT2D eigenvalue weighted by atomic mass is 10.2. The number of carboxylic acid groups (broad SMARTS) is 1. The van der Waals surface area contributed by atoms with E-state index < -0.39 is 31.6 Å². The van der Waals surface area contributed by atoms with Gasteiger partial charge in [-0.1, -0.05) is 23.2 Å². The van der Waals surface area contributed by atoms with E-state index in [-0.39, 0.29) is 40.3 Å². The Hall–Kier alpha value is -7.08. The van der Waals surface area contributed by atoms with Crippen LogP contribution in [0.15, 0.2) is 95.0 Å². The number of nitrogen functional groups attached to an aromatic ring is 1. The Balaban J connectivity index is 0.000000201. The summed E-state index contributed by atoms with van der Waals surface area (Å²) in [5, 5.41) is 21.0. The number of piperazine rings is 2. The molecule has 0 saturated carbocycles. The number of hydrogen-bond acceptors (Lipinski definition) is 15. The number of amides is 3. The van der Waals surface area contributed by atoms with Crippen LogP contribution in [0.5, 0.6) is 0 Å². The van der Waals surface area contributed by atoms with E-state index in [0.717, 1.165) is 41.1 Å². The monoisotopic (exact) mass is 1080 g/mol. The Morgan fingerprint density at radius 1 is 0.603 bits per heavy atom. The maximum Gasteiger partial charge on any atom is 0.335 e. The van der Waals surface area contributed by atoms with Crippen molar-refractivity contribution in [3.05, 3.63) is 129 Å². The van der Waals surface area contributed by atoms with Crippen molar-refractivity contribution in [3.63, 3.8) is 0 Å². The molecule has 73 heavy (non-hydrogen) atoms. The number of carbonyl (C=O) groups excluding carboxylic acids is 3. The maximum absolute atomic E-state index is 12.9. The highest BCUT2D eigenvalue weighted by molar-refractivity contribution is 7.91. The minimum absolute atomic E-state index is 0.00372. The second-order valence-corrected chi connectivity index (χ2v) is 22.3. The number of pyridine rings is 2. The number of benzene rings is 2. The van der Waals surface area contributed by atoms with Gasteiger partial charge in [-0.3, -0.25) is 23.7 Å². The van der Waals surface area contributed by atoms with Gasteiger partial charge in [0.2, 0.25) is 11.8 Å². The lowest BCUT2D eigenvalue weighted by Crippen LogP contribution is -2.50. The van der Waals surface area contributed by atoms with Crippen LogP contribution in [0.4, 0.5) is 23.0 Å². The van der Waals surface area contributed by atoms with Crippen LogP contribution in [-0.2, 0) is 42.4 Å². The fraction of sp³-hybridized carbons (Fsp3) is 0.333. The molecule has 25 heteroatoms. The van der Waals surface area contributed by atoms with Crippen molar-refractivity contribution in [3.8, 4) is 0 Å². The highest BCUT2D eigenvalue weighted by atomic mass is 35.5. The summed E-state index contributed by atoms with van der Waals surface area (Å²) in [4.78, 5) is 65.3. The fourth-order valence-corrected chi connectivity index (χ4v) is 9.43. The first-order valence-electron chi connectivity index (χ1n) is 22.6. The summed E-state index contributed by atoms with van der Waals surface area (Å²) < 4.78 is 48.7. The van der Waals surface area contributed by atoms with E-state index >= 15 is 0 Å². The van der Waals surface area contributed by atoms with Gasteiger partial charge in [-0.2, -0.15) is 10.2 Å². The Labute approximate surface area is 433 Å². The Morgan fingerprint density at radius 3 is 1.38 bits per heavy atom. The fourth-order valence-electron chi connectivity index (χ4n) is 7.84. The number of nitrogens with two attached hydrogens (primary N) is 1. The van der Waals surface area contributed by atoms with E-state index in [0.29, 0.717) is 85.2 Å². The lowest BCUT2D eigenvalue weighted by Gasteiger charge is -2.36. The van der Waals surface area contributed by atoms with Gasteiger partial charge in [-0.15, -0.1) is 0 Å². The second kappa shape index (κ2) is 23.6. The molecule has 2 aliphatic heterocycles. The van der Waals surface area contributed by atoms with Gasteiger partial charge in [0.15, 0.2) is 31.3 Å². The van der Waals surface area contributed by atoms with Crippen molar-refractivity contribution in [1.82, 2.24) is 39.3 Å². The van der Waals surface area contributed by atoms with Crippen LogP contribution in [0.2, 0.25) is 10.0 Å². The number of aromatic carboxylic acids is 1. The number of carboxylic acids is 1. The number of rotatable bonds is 11. The van der Waals surface area contributed by atoms with E-state index in [1.54, 1.807) is 32.6 Å². The number of nitrogens with zero attached hydrogens (tertiary/aromatic N) is 10. The molecule has 2 saturated heterocycles. The molecule has 2 aromatic carbocycles. The molecule has 4 N–H and O–H groups in total. The van der Waals surface area contributed by atoms with Crippen LogP contribution in [0.3, 0.4) is 0 Å². The topological polar surface area (TPSA) is 269 Å².